The maximum atomic E-state index is 12.4. The molecule has 1 aliphatic rings. The van der Waals surface area contributed by atoms with Crippen LogP contribution in [0.3, 0.4) is 0 Å². The van der Waals surface area contributed by atoms with Gasteiger partial charge in [-0.15, -0.1) is 11.3 Å². The van der Waals surface area contributed by atoms with Crippen molar-refractivity contribution in [1.82, 2.24) is 20.5 Å². The minimum absolute atomic E-state index is 0.150. The molecule has 1 unspecified atom stereocenters. The predicted octanol–water partition coefficient (Wildman–Crippen LogP) is 1.89. The fourth-order valence-corrected chi connectivity index (χ4v) is 4.30. The Labute approximate surface area is 168 Å². The van der Waals surface area contributed by atoms with E-state index >= 15 is 0 Å². The number of nitrogens with zero attached hydrogens (tertiary/aromatic N) is 2. The average Bonchev–Trinajstić information content (AvgIpc) is 3.35. The summed E-state index contributed by atoms with van der Waals surface area (Å²) in [6, 6.07) is 5.64. The summed E-state index contributed by atoms with van der Waals surface area (Å²) in [7, 11) is 1.56. The molecule has 2 N–H and O–H groups in total. The van der Waals surface area contributed by atoms with Crippen LogP contribution in [0.4, 0.5) is 0 Å². The van der Waals surface area contributed by atoms with E-state index in [1.165, 1.54) is 21.8 Å². The summed E-state index contributed by atoms with van der Waals surface area (Å²) in [5.74, 6) is -0.824. The highest BCUT2D eigenvalue weighted by atomic mass is 32.1. The van der Waals surface area contributed by atoms with Gasteiger partial charge >= 0.3 is 0 Å². The highest BCUT2D eigenvalue weighted by molar-refractivity contribution is 7.13. The second kappa shape index (κ2) is 8.52. The maximum absolute atomic E-state index is 12.4. The second-order valence-electron chi connectivity index (χ2n) is 6.90. The van der Waals surface area contributed by atoms with E-state index in [1.807, 2.05) is 26.0 Å². The summed E-state index contributed by atoms with van der Waals surface area (Å²) in [6.07, 6.45) is 1.42. The molecule has 0 saturated carbocycles. The number of likely N-dealkylation sites (tertiary alicyclic amines) is 1. The zero-order valence-corrected chi connectivity index (χ0v) is 17.1. The molecule has 3 rings (SSSR count). The van der Waals surface area contributed by atoms with Gasteiger partial charge in [-0.3, -0.25) is 14.4 Å². The van der Waals surface area contributed by atoms with Crippen molar-refractivity contribution in [1.29, 1.82) is 0 Å². The van der Waals surface area contributed by atoms with Crippen molar-refractivity contribution in [2.45, 2.75) is 32.7 Å². The molecule has 8 heteroatoms. The zero-order chi connectivity index (χ0) is 20.3. The van der Waals surface area contributed by atoms with Crippen molar-refractivity contribution in [3.8, 4) is 10.6 Å². The quantitative estimate of drug-likeness (QED) is 0.802. The van der Waals surface area contributed by atoms with Gasteiger partial charge in [0.15, 0.2) is 0 Å². The minimum atomic E-state index is -0.454. The van der Waals surface area contributed by atoms with Gasteiger partial charge in [0.2, 0.25) is 11.8 Å². The van der Waals surface area contributed by atoms with Crippen LogP contribution in [0.2, 0.25) is 0 Å². The molecule has 1 aliphatic heterocycles. The SMILES string of the molecule is CNC(=O)C1CCCN1C(=O)CNC(=O)c1csc(-c2ccc(C)cc2C)n1. The molecule has 2 heterocycles. The van der Waals surface area contributed by atoms with Gasteiger partial charge in [0.1, 0.15) is 16.7 Å². The standard InChI is InChI=1S/C20H24N4O3S/c1-12-6-7-14(13(2)9-12)20-23-15(11-28-20)18(26)22-10-17(25)24-8-4-5-16(24)19(27)21-3/h6-7,9,11,16H,4-5,8,10H2,1-3H3,(H,21,27)(H,22,26). The number of aromatic nitrogens is 1. The number of likely N-dealkylation sites (N-methyl/N-ethyl adjacent to an activating group) is 1. The average molecular weight is 401 g/mol. The number of thiazole rings is 1. The summed E-state index contributed by atoms with van der Waals surface area (Å²) in [5.41, 5.74) is 3.56. The van der Waals surface area contributed by atoms with E-state index in [0.717, 1.165) is 22.6 Å². The molecule has 0 bridgehead atoms. The number of aryl methyl sites for hydroxylation is 2. The van der Waals surface area contributed by atoms with Crippen molar-refractivity contribution in [3.05, 3.63) is 40.4 Å². The molecule has 28 heavy (non-hydrogen) atoms. The molecule has 0 spiro atoms. The molecule has 3 amide bonds. The largest absolute Gasteiger partial charge is 0.357 e. The van der Waals surface area contributed by atoms with Crippen LogP contribution in [0.1, 0.15) is 34.5 Å². The second-order valence-corrected chi connectivity index (χ2v) is 7.76. The Hall–Kier alpha value is -2.74. The van der Waals surface area contributed by atoms with E-state index < -0.39 is 11.9 Å². The van der Waals surface area contributed by atoms with E-state index in [2.05, 4.69) is 21.7 Å². The highest BCUT2D eigenvalue weighted by Crippen LogP contribution is 2.27. The number of hydrogen-bond acceptors (Lipinski definition) is 5. The number of hydrogen-bond donors (Lipinski definition) is 2. The van der Waals surface area contributed by atoms with Crippen LogP contribution in [0, 0.1) is 13.8 Å². The lowest BCUT2D eigenvalue weighted by Crippen LogP contribution is -2.48. The third kappa shape index (κ3) is 4.22. The van der Waals surface area contributed by atoms with Gasteiger partial charge in [-0.1, -0.05) is 23.8 Å². The lowest BCUT2D eigenvalue weighted by atomic mass is 10.1. The monoisotopic (exact) mass is 400 g/mol. The van der Waals surface area contributed by atoms with Crippen LogP contribution in [-0.4, -0.2) is 53.8 Å². The van der Waals surface area contributed by atoms with Crippen molar-refractivity contribution < 1.29 is 14.4 Å². The summed E-state index contributed by atoms with van der Waals surface area (Å²) in [5, 5.41) is 7.67. The molecular formula is C20H24N4O3S. The summed E-state index contributed by atoms with van der Waals surface area (Å²) >= 11 is 1.40. The first-order valence-corrected chi connectivity index (χ1v) is 10.1. The third-order valence-corrected chi connectivity index (χ3v) is 5.75. The first-order chi connectivity index (χ1) is 13.4. The maximum Gasteiger partial charge on any atom is 0.271 e. The number of carbonyl (C=O) groups excluding carboxylic acids is 3. The van der Waals surface area contributed by atoms with Crippen LogP contribution >= 0.6 is 11.3 Å². The lowest BCUT2D eigenvalue weighted by molar-refractivity contribution is -0.137. The lowest BCUT2D eigenvalue weighted by Gasteiger charge is -2.23. The molecule has 1 fully saturated rings. The van der Waals surface area contributed by atoms with Crippen molar-refractivity contribution >= 4 is 29.1 Å². The van der Waals surface area contributed by atoms with Gasteiger partial charge in [-0.05, 0) is 32.3 Å². The molecular weight excluding hydrogens is 376 g/mol. The smallest absolute Gasteiger partial charge is 0.271 e. The number of rotatable bonds is 5. The van der Waals surface area contributed by atoms with Crippen molar-refractivity contribution in [2.75, 3.05) is 20.1 Å². The van der Waals surface area contributed by atoms with Gasteiger partial charge in [-0.2, -0.15) is 0 Å². The van der Waals surface area contributed by atoms with Crippen LogP contribution in [0.25, 0.3) is 10.6 Å². The molecule has 7 nitrogen and oxygen atoms in total. The number of nitrogens with one attached hydrogen (secondary N) is 2. The fraction of sp³-hybridized carbons (Fsp3) is 0.400. The summed E-state index contributed by atoms with van der Waals surface area (Å²) in [4.78, 5) is 42.7. The number of amides is 3. The van der Waals surface area contributed by atoms with E-state index in [-0.39, 0.29) is 24.1 Å². The molecule has 0 aliphatic carbocycles. The molecule has 0 radical (unpaired) electrons. The topological polar surface area (TPSA) is 91.4 Å². The molecule has 1 saturated heterocycles. The van der Waals surface area contributed by atoms with Crippen LogP contribution < -0.4 is 10.6 Å². The Morgan fingerprint density at radius 2 is 2.07 bits per heavy atom. The zero-order valence-electron chi connectivity index (χ0n) is 16.2. The number of carbonyl (C=O) groups is 3. The Bertz CT molecular complexity index is 909. The molecule has 2 aromatic rings. The predicted molar refractivity (Wildman–Crippen MR) is 108 cm³/mol. The minimum Gasteiger partial charge on any atom is -0.357 e. The Morgan fingerprint density at radius 3 is 2.79 bits per heavy atom. The van der Waals surface area contributed by atoms with E-state index in [1.54, 1.807) is 12.4 Å². The normalized spacial score (nSPS) is 16.1. The first kappa shape index (κ1) is 20.0. The number of benzene rings is 1. The Morgan fingerprint density at radius 1 is 1.29 bits per heavy atom. The van der Waals surface area contributed by atoms with Crippen LogP contribution in [0.5, 0.6) is 0 Å². The van der Waals surface area contributed by atoms with Gasteiger partial charge in [0.25, 0.3) is 5.91 Å². The van der Waals surface area contributed by atoms with E-state index in [0.29, 0.717) is 13.0 Å². The Balaban J connectivity index is 1.62. The molecule has 148 valence electrons. The fourth-order valence-electron chi connectivity index (χ4n) is 3.41. The molecule has 1 aromatic carbocycles. The van der Waals surface area contributed by atoms with Gasteiger partial charge in [-0.25, -0.2) is 4.98 Å². The van der Waals surface area contributed by atoms with Crippen molar-refractivity contribution in [3.63, 3.8) is 0 Å². The van der Waals surface area contributed by atoms with Gasteiger partial charge in [0, 0.05) is 24.5 Å². The highest BCUT2D eigenvalue weighted by Gasteiger charge is 2.33. The van der Waals surface area contributed by atoms with Crippen LogP contribution in [0.15, 0.2) is 23.6 Å². The summed E-state index contributed by atoms with van der Waals surface area (Å²) < 4.78 is 0. The van der Waals surface area contributed by atoms with Gasteiger partial charge < -0.3 is 15.5 Å². The van der Waals surface area contributed by atoms with E-state index in [4.69, 9.17) is 0 Å². The van der Waals surface area contributed by atoms with Gasteiger partial charge in [0.05, 0.1) is 6.54 Å². The molecule has 1 atom stereocenters. The first-order valence-electron chi connectivity index (χ1n) is 9.23. The van der Waals surface area contributed by atoms with Crippen LogP contribution in [-0.2, 0) is 9.59 Å². The Kier molecular flexibility index (Phi) is 6.08. The van der Waals surface area contributed by atoms with Crippen molar-refractivity contribution in [2.24, 2.45) is 0 Å². The summed E-state index contributed by atoms with van der Waals surface area (Å²) in [6.45, 7) is 4.42. The molecule has 1 aromatic heterocycles. The third-order valence-electron chi connectivity index (χ3n) is 4.87. The van der Waals surface area contributed by atoms with E-state index in [9.17, 15) is 14.4 Å².